The van der Waals surface area contributed by atoms with Gasteiger partial charge in [0.25, 0.3) is 0 Å². The normalized spacial score (nSPS) is 16.8. The molecule has 2 aromatic heterocycles. The SMILES string of the molecule is NCCn1nc(C2CCN(C(=O)CCc3ccc(Cl)cc3)C2)c2cccnc21. The average molecular weight is 398 g/mol. The molecule has 1 amide bonds. The second kappa shape index (κ2) is 8.29. The third kappa shape index (κ3) is 3.88. The molecular weight excluding hydrogens is 374 g/mol. The van der Waals surface area contributed by atoms with Crippen LogP contribution in [0.25, 0.3) is 11.0 Å². The predicted octanol–water partition coefficient (Wildman–Crippen LogP) is 2.99. The molecule has 0 saturated carbocycles. The highest BCUT2D eigenvalue weighted by Gasteiger charge is 2.30. The van der Waals surface area contributed by atoms with Gasteiger partial charge in [-0.25, -0.2) is 9.67 Å². The highest BCUT2D eigenvalue weighted by atomic mass is 35.5. The van der Waals surface area contributed by atoms with Crippen molar-refractivity contribution in [1.82, 2.24) is 19.7 Å². The lowest BCUT2D eigenvalue weighted by molar-refractivity contribution is -0.130. The van der Waals surface area contributed by atoms with Crippen LogP contribution >= 0.6 is 11.6 Å². The van der Waals surface area contributed by atoms with Crippen LogP contribution in [0.5, 0.6) is 0 Å². The standard InChI is InChI=1S/C21H24ClN5O/c22-17-6-3-15(4-7-17)5-8-19(28)26-12-9-16(14-26)20-18-2-1-11-24-21(18)27(25-20)13-10-23/h1-4,6-7,11,16H,5,8-10,12-14,23H2. The van der Waals surface area contributed by atoms with Gasteiger partial charge in [-0.1, -0.05) is 23.7 Å². The smallest absolute Gasteiger partial charge is 0.222 e. The number of nitrogens with zero attached hydrogens (tertiary/aromatic N) is 4. The molecule has 1 aliphatic rings. The van der Waals surface area contributed by atoms with E-state index >= 15 is 0 Å². The van der Waals surface area contributed by atoms with E-state index in [2.05, 4.69) is 11.1 Å². The minimum atomic E-state index is 0.196. The molecule has 7 heteroatoms. The topological polar surface area (TPSA) is 77.0 Å². The second-order valence-electron chi connectivity index (χ2n) is 7.22. The molecule has 3 heterocycles. The first-order valence-corrected chi connectivity index (χ1v) is 10.1. The number of halogens is 1. The Morgan fingerprint density at radius 2 is 2.07 bits per heavy atom. The number of benzene rings is 1. The molecule has 2 N–H and O–H groups in total. The van der Waals surface area contributed by atoms with Crippen molar-refractivity contribution in [1.29, 1.82) is 0 Å². The van der Waals surface area contributed by atoms with Crippen molar-refractivity contribution >= 4 is 28.5 Å². The number of carbonyl (C=O) groups excluding carboxylic acids is 1. The summed E-state index contributed by atoms with van der Waals surface area (Å²) in [6.45, 7) is 2.65. The first kappa shape index (κ1) is 18.9. The number of nitrogens with two attached hydrogens (primary N) is 1. The molecule has 1 unspecified atom stereocenters. The van der Waals surface area contributed by atoms with E-state index in [-0.39, 0.29) is 11.8 Å². The number of aryl methyl sites for hydroxylation is 1. The molecule has 1 aromatic carbocycles. The Labute approximate surface area is 169 Å². The summed E-state index contributed by atoms with van der Waals surface area (Å²) in [4.78, 5) is 19.1. The highest BCUT2D eigenvalue weighted by Crippen LogP contribution is 2.31. The monoisotopic (exact) mass is 397 g/mol. The lowest BCUT2D eigenvalue weighted by Gasteiger charge is -2.16. The van der Waals surface area contributed by atoms with E-state index in [1.54, 1.807) is 6.20 Å². The first-order valence-electron chi connectivity index (χ1n) is 9.69. The Hall–Kier alpha value is -2.44. The summed E-state index contributed by atoms with van der Waals surface area (Å²) >= 11 is 5.92. The van der Waals surface area contributed by atoms with Gasteiger partial charge in [0, 0.05) is 48.6 Å². The Bertz CT molecular complexity index is 969. The van der Waals surface area contributed by atoms with Crippen LogP contribution in [0, 0.1) is 0 Å². The molecule has 0 bridgehead atoms. The van der Waals surface area contributed by atoms with Crippen molar-refractivity contribution in [3.63, 3.8) is 0 Å². The van der Waals surface area contributed by atoms with Crippen molar-refractivity contribution in [3.8, 4) is 0 Å². The molecule has 0 spiro atoms. The number of amides is 1. The summed E-state index contributed by atoms with van der Waals surface area (Å²) in [5.74, 6) is 0.437. The Balaban J connectivity index is 1.43. The predicted molar refractivity (Wildman–Crippen MR) is 110 cm³/mol. The Kier molecular flexibility index (Phi) is 5.59. The van der Waals surface area contributed by atoms with E-state index in [9.17, 15) is 4.79 Å². The van der Waals surface area contributed by atoms with Crippen LogP contribution in [-0.2, 0) is 17.8 Å². The number of fused-ring (bicyclic) bond motifs is 1. The third-order valence-corrected chi connectivity index (χ3v) is 5.60. The Morgan fingerprint density at radius 3 is 2.86 bits per heavy atom. The second-order valence-corrected chi connectivity index (χ2v) is 7.66. The summed E-state index contributed by atoms with van der Waals surface area (Å²) in [5, 5.41) is 6.56. The van der Waals surface area contributed by atoms with Gasteiger partial charge >= 0.3 is 0 Å². The minimum Gasteiger partial charge on any atom is -0.342 e. The molecule has 0 aliphatic carbocycles. The third-order valence-electron chi connectivity index (χ3n) is 5.34. The van der Waals surface area contributed by atoms with Gasteiger partial charge in [-0.05, 0) is 42.7 Å². The van der Waals surface area contributed by atoms with Gasteiger partial charge in [-0.15, -0.1) is 0 Å². The van der Waals surface area contributed by atoms with Crippen molar-refractivity contribution in [2.24, 2.45) is 5.73 Å². The molecule has 1 atom stereocenters. The van der Waals surface area contributed by atoms with Crippen LogP contribution in [-0.4, -0.2) is 45.2 Å². The molecule has 0 radical (unpaired) electrons. The van der Waals surface area contributed by atoms with Gasteiger partial charge in [-0.3, -0.25) is 4.79 Å². The van der Waals surface area contributed by atoms with Crippen LogP contribution < -0.4 is 5.73 Å². The minimum absolute atomic E-state index is 0.196. The molecule has 1 fully saturated rings. The van der Waals surface area contributed by atoms with Gasteiger partial charge in [0.15, 0.2) is 5.65 Å². The fourth-order valence-electron chi connectivity index (χ4n) is 3.88. The van der Waals surface area contributed by atoms with E-state index < -0.39 is 0 Å². The van der Waals surface area contributed by atoms with Crippen molar-refractivity contribution in [3.05, 3.63) is 58.9 Å². The van der Waals surface area contributed by atoms with Crippen molar-refractivity contribution in [2.75, 3.05) is 19.6 Å². The van der Waals surface area contributed by atoms with Gasteiger partial charge in [0.1, 0.15) is 0 Å². The fraction of sp³-hybridized carbons (Fsp3) is 0.381. The summed E-state index contributed by atoms with van der Waals surface area (Å²) in [5.41, 5.74) is 8.75. The van der Waals surface area contributed by atoms with Crippen LogP contribution in [0.2, 0.25) is 5.02 Å². The van der Waals surface area contributed by atoms with Crippen molar-refractivity contribution < 1.29 is 4.79 Å². The van der Waals surface area contributed by atoms with Crippen LogP contribution in [0.4, 0.5) is 0 Å². The molecule has 6 nitrogen and oxygen atoms in total. The summed E-state index contributed by atoms with van der Waals surface area (Å²) < 4.78 is 1.88. The number of hydrogen-bond acceptors (Lipinski definition) is 4. The lowest BCUT2D eigenvalue weighted by atomic mass is 10.0. The fourth-order valence-corrected chi connectivity index (χ4v) is 4.01. The Morgan fingerprint density at radius 1 is 1.25 bits per heavy atom. The summed E-state index contributed by atoms with van der Waals surface area (Å²) in [6, 6.07) is 11.7. The number of hydrogen-bond donors (Lipinski definition) is 1. The first-order chi connectivity index (χ1) is 13.7. The number of carbonyl (C=O) groups is 1. The van der Waals surface area contributed by atoms with E-state index in [0.29, 0.717) is 31.1 Å². The zero-order chi connectivity index (χ0) is 19.5. The largest absolute Gasteiger partial charge is 0.342 e. The zero-order valence-corrected chi connectivity index (χ0v) is 16.5. The number of pyridine rings is 1. The maximum absolute atomic E-state index is 12.7. The molecule has 28 heavy (non-hydrogen) atoms. The average Bonchev–Trinajstić information content (AvgIpc) is 3.33. The maximum Gasteiger partial charge on any atom is 0.222 e. The van der Waals surface area contributed by atoms with Gasteiger partial charge in [0.05, 0.1) is 12.2 Å². The van der Waals surface area contributed by atoms with E-state index in [0.717, 1.165) is 41.7 Å². The molecule has 146 valence electrons. The number of aromatic nitrogens is 3. The van der Waals surface area contributed by atoms with Gasteiger partial charge < -0.3 is 10.6 Å². The quantitative estimate of drug-likeness (QED) is 0.693. The van der Waals surface area contributed by atoms with E-state index in [1.807, 2.05) is 39.9 Å². The van der Waals surface area contributed by atoms with Crippen LogP contribution in [0.1, 0.15) is 30.0 Å². The molecule has 1 aliphatic heterocycles. The number of likely N-dealkylation sites (tertiary alicyclic amines) is 1. The summed E-state index contributed by atoms with van der Waals surface area (Å²) in [7, 11) is 0. The lowest BCUT2D eigenvalue weighted by Crippen LogP contribution is -2.28. The summed E-state index contributed by atoms with van der Waals surface area (Å²) in [6.07, 6.45) is 3.95. The van der Waals surface area contributed by atoms with Gasteiger partial charge in [0.2, 0.25) is 5.91 Å². The number of rotatable bonds is 6. The highest BCUT2D eigenvalue weighted by molar-refractivity contribution is 6.30. The van der Waals surface area contributed by atoms with Crippen LogP contribution in [0.3, 0.4) is 0 Å². The van der Waals surface area contributed by atoms with E-state index in [1.165, 1.54) is 0 Å². The zero-order valence-electron chi connectivity index (χ0n) is 15.7. The van der Waals surface area contributed by atoms with Gasteiger partial charge in [-0.2, -0.15) is 5.10 Å². The van der Waals surface area contributed by atoms with Crippen LogP contribution in [0.15, 0.2) is 42.6 Å². The molecular formula is C21H24ClN5O. The molecule has 4 rings (SSSR count). The maximum atomic E-state index is 12.7. The molecule has 1 saturated heterocycles. The van der Waals surface area contributed by atoms with Crippen molar-refractivity contribution in [2.45, 2.75) is 31.7 Å². The van der Waals surface area contributed by atoms with E-state index in [4.69, 9.17) is 22.4 Å². The molecule has 3 aromatic rings.